The average Bonchev–Trinajstić information content (AvgIpc) is 1.38. The molecule has 0 saturated carbocycles. The lowest BCUT2D eigenvalue weighted by molar-refractivity contribution is 0.668. The van der Waals surface area contributed by atoms with Crippen LogP contribution >= 0.6 is 9.90 Å². The fourth-order valence-electron chi connectivity index (χ4n) is 0. The molecule has 1 N–H and O–H groups in total. The summed E-state index contributed by atoms with van der Waals surface area (Å²) >= 11 is 0. The van der Waals surface area contributed by atoms with E-state index in [-0.39, 0.29) is 9.90 Å². The van der Waals surface area contributed by atoms with E-state index in [2.05, 4.69) is 19.2 Å². The topological polar surface area (TPSA) is 12.0 Å². The van der Waals surface area contributed by atoms with Gasteiger partial charge in [-0.15, -0.1) is 0 Å². The van der Waals surface area contributed by atoms with Crippen molar-refractivity contribution in [1.29, 1.82) is 0 Å². The van der Waals surface area contributed by atoms with E-state index >= 15 is 0 Å². The van der Waals surface area contributed by atoms with Crippen LogP contribution in [0, 0.1) is 0 Å². The molecular weight excluding hydrogens is 93.0 g/mol. The highest BCUT2D eigenvalue weighted by Crippen LogP contribution is 1.66. The van der Waals surface area contributed by atoms with Crippen molar-refractivity contribution in [3.63, 3.8) is 0 Å². The molecule has 0 aromatic rings. The first-order chi connectivity index (χ1) is 2.27. The highest BCUT2D eigenvalue weighted by Gasteiger charge is 1.76. The lowest BCUT2D eigenvalue weighted by Crippen LogP contribution is -2.15. The molecule has 2 heteroatoms. The molecule has 1 atom stereocenters. The Labute approximate surface area is 43.1 Å². The van der Waals surface area contributed by atoms with E-state index in [0.717, 1.165) is 0 Å². The van der Waals surface area contributed by atoms with E-state index in [1.807, 2.05) is 7.05 Å². The van der Waals surface area contributed by atoms with Crippen LogP contribution in [-0.2, 0) is 0 Å². The third kappa shape index (κ3) is 8.83. The summed E-state index contributed by atoms with van der Waals surface area (Å²) in [7, 11) is 1.95. The molecule has 0 aromatic carbocycles. The van der Waals surface area contributed by atoms with Crippen molar-refractivity contribution in [1.82, 2.24) is 5.32 Å². The Balaban J connectivity index is 0. The van der Waals surface area contributed by atoms with Gasteiger partial charge >= 0.3 is 0 Å². The predicted molar refractivity (Wildman–Crippen MR) is 35.3 cm³/mol. The number of hydrogen-bond acceptors (Lipinski definition) is 1. The molecule has 0 radical (unpaired) electrons. The third-order valence-electron chi connectivity index (χ3n) is 0.577. The van der Waals surface area contributed by atoms with Crippen LogP contribution in [0.25, 0.3) is 0 Å². The molecule has 0 rings (SSSR count). The monoisotopic (exact) mass is 107 g/mol. The van der Waals surface area contributed by atoms with E-state index in [0.29, 0.717) is 6.04 Å². The Morgan fingerprint density at radius 3 is 1.50 bits per heavy atom. The average molecular weight is 107 g/mol. The molecular formula is C4H14NP. The van der Waals surface area contributed by atoms with Gasteiger partial charge in [0.15, 0.2) is 0 Å². The normalized spacial score (nSPS) is 8.00. The molecule has 6 heavy (non-hydrogen) atoms. The number of nitrogens with one attached hydrogen (secondary N) is 1. The van der Waals surface area contributed by atoms with Crippen molar-refractivity contribution < 1.29 is 0 Å². The van der Waals surface area contributed by atoms with Crippen molar-refractivity contribution in [2.45, 2.75) is 19.9 Å². The Morgan fingerprint density at radius 1 is 1.33 bits per heavy atom. The Bertz CT molecular complexity index is 21.5. The summed E-state index contributed by atoms with van der Waals surface area (Å²) in [6, 6.07) is 0.634. The van der Waals surface area contributed by atoms with E-state index in [1.54, 1.807) is 0 Å². The molecule has 0 aliphatic heterocycles. The summed E-state index contributed by atoms with van der Waals surface area (Å²) in [5.41, 5.74) is 0. The minimum absolute atomic E-state index is 0. The van der Waals surface area contributed by atoms with Gasteiger partial charge in [0.05, 0.1) is 0 Å². The van der Waals surface area contributed by atoms with E-state index < -0.39 is 0 Å². The molecule has 0 fully saturated rings. The highest BCUT2D eigenvalue weighted by molar-refractivity contribution is 6.92. The summed E-state index contributed by atoms with van der Waals surface area (Å²) in [5, 5.41) is 3.03. The van der Waals surface area contributed by atoms with Gasteiger partial charge in [-0.25, -0.2) is 0 Å². The summed E-state index contributed by atoms with van der Waals surface area (Å²) in [6.07, 6.45) is 0. The van der Waals surface area contributed by atoms with Gasteiger partial charge in [0.25, 0.3) is 0 Å². The van der Waals surface area contributed by atoms with Crippen LogP contribution in [0.15, 0.2) is 0 Å². The van der Waals surface area contributed by atoms with E-state index in [1.165, 1.54) is 0 Å². The number of hydrogen-bond donors (Lipinski definition) is 1. The fourth-order valence-corrected chi connectivity index (χ4v) is 0. The second-order valence-corrected chi connectivity index (χ2v) is 1.44. The van der Waals surface area contributed by atoms with Crippen LogP contribution in [0.2, 0.25) is 0 Å². The molecule has 0 aromatic heterocycles. The van der Waals surface area contributed by atoms with Crippen LogP contribution < -0.4 is 5.32 Å². The summed E-state index contributed by atoms with van der Waals surface area (Å²) in [4.78, 5) is 0. The second-order valence-electron chi connectivity index (χ2n) is 1.44. The summed E-state index contributed by atoms with van der Waals surface area (Å²) < 4.78 is 0. The molecule has 0 bridgehead atoms. The van der Waals surface area contributed by atoms with Gasteiger partial charge in [-0.2, -0.15) is 9.90 Å². The number of rotatable bonds is 1. The molecule has 0 amide bonds. The van der Waals surface area contributed by atoms with Crippen molar-refractivity contribution in [2.75, 3.05) is 7.05 Å². The van der Waals surface area contributed by atoms with Crippen molar-refractivity contribution in [3.05, 3.63) is 0 Å². The second kappa shape index (κ2) is 5.39. The van der Waals surface area contributed by atoms with Crippen molar-refractivity contribution in [2.24, 2.45) is 0 Å². The zero-order chi connectivity index (χ0) is 4.28. The van der Waals surface area contributed by atoms with Gasteiger partial charge in [0.1, 0.15) is 0 Å². The SMILES string of the molecule is CNC(C)C.P. The smallest absolute Gasteiger partial charge is 0.000733 e. The molecule has 0 heterocycles. The van der Waals surface area contributed by atoms with Gasteiger partial charge in [0.2, 0.25) is 0 Å². The van der Waals surface area contributed by atoms with Crippen LogP contribution in [0.3, 0.4) is 0 Å². The lowest BCUT2D eigenvalue weighted by atomic mass is 10.4. The maximum atomic E-state index is 3.03. The van der Waals surface area contributed by atoms with Gasteiger partial charge < -0.3 is 5.32 Å². The lowest BCUT2D eigenvalue weighted by Gasteiger charge is -1.95. The van der Waals surface area contributed by atoms with Crippen LogP contribution in [-0.4, -0.2) is 13.1 Å². The van der Waals surface area contributed by atoms with E-state index in [9.17, 15) is 0 Å². The Morgan fingerprint density at radius 2 is 1.50 bits per heavy atom. The van der Waals surface area contributed by atoms with Crippen LogP contribution in [0.4, 0.5) is 0 Å². The first-order valence-corrected chi connectivity index (χ1v) is 1.94. The fraction of sp³-hybridized carbons (Fsp3) is 1.00. The molecule has 1 nitrogen and oxygen atoms in total. The van der Waals surface area contributed by atoms with Crippen molar-refractivity contribution in [3.8, 4) is 0 Å². The molecule has 0 aliphatic carbocycles. The maximum absolute atomic E-state index is 3.03. The molecule has 0 saturated heterocycles. The van der Waals surface area contributed by atoms with Gasteiger partial charge in [-0.1, -0.05) is 13.8 Å². The van der Waals surface area contributed by atoms with Gasteiger partial charge in [-0.05, 0) is 7.05 Å². The zero-order valence-corrected chi connectivity index (χ0v) is 6.20. The van der Waals surface area contributed by atoms with Crippen LogP contribution in [0.1, 0.15) is 13.8 Å². The van der Waals surface area contributed by atoms with E-state index in [4.69, 9.17) is 0 Å². The zero-order valence-electron chi connectivity index (χ0n) is 4.78. The standard InChI is InChI=1S/C4H11N.H3P/c1-4(2)5-3;/h4-5H,1-3H3;1H3. The summed E-state index contributed by atoms with van der Waals surface area (Å²) in [5.74, 6) is 0. The van der Waals surface area contributed by atoms with Gasteiger partial charge in [-0.3, -0.25) is 0 Å². The Kier molecular flexibility index (Phi) is 8.65. The largest absolute Gasteiger partial charge is 0.318 e. The molecule has 0 aliphatic rings. The van der Waals surface area contributed by atoms with Gasteiger partial charge in [0, 0.05) is 6.04 Å². The highest BCUT2D eigenvalue weighted by atomic mass is 31.0. The predicted octanol–water partition coefficient (Wildman–Crippen LogP) is 0.672. The minimum Gasteiger partial charge on any atom is -0.318 e. The Hall–Kier alpha value is 0.390. The minimum atomic E-state index is 0. The summed E-state index contributed by atoms with van der Waals surface area (Å²) in [6.45, 7) is 4.22. The molecule has 40 valence electrons. The molecule has 1 unspecified atom stereocenters. The first kappa shape index (κ1) is 9.63. The maximum Gasteiger partial charge on any atom is 0.000733 e. The first-order valence-electron chi connectivity index (χ1n) is 1.94. The van der Waals surface area contributed by atoms with Crippen LogP contribution in [0.5, 0.6) is 0 Å². The quantitative estimate of drug-likeness (QED) is 0.486. The third-order valence-corrected chi connectivity index (χ3v) is 0.577. The van der Waals surface area contributed by atoms with Crippen molar-refractivity contribution >= 4 is 9.90 Å². The molecule has 0 spiro atoms.